The first-order valence-electron chi connectivity index (χ1n) is 7.90. The van der Waals surface area contributed by atoms with Crippen LogP contribution in [-0.4, -0.2) is 22.5 Å². The van der Waals surface area contributed by atoms with Gasteiger partial charge in [0.2, 0.25) is 5.91 Å². The summed E-state index contributed by atoms with van der Waals surface area (Å²) >= 11 is 0. The fourth-order valence-corrected chi connectivity index (χ4v) is 3.71. The van der Waals surface area contributed by atoms with E-state index in [1.165, 1.54) is 6.07 Å². The number of carbonyl (C=O) groups is 2. The Kier molecular flexibility index (Phi) is 3.13. The Balaban J connectivity index is 1.80. The second-order valence-electron chi connectivity index (χ2n) is 6.56. The number of fused-ring (bicyclic) bond motifs is 4. The molecule has 0 saturated carbocycles. The van der Waals surface area contributed by atoms with Gasteiger partial charge in [-0.3, -0.25) is 9.59 Å². The standard InChI is InChI=1S/C19H17NO4/c1-19-10-14(13-8-7-12(21)9-15(13)24-19)16(18(23)20-19)17(22)11-5-3-2-4-6-11/h2-9,14,16,21H,10H2,1H3,(H,20,23). The summed E-state index contributed by atoms with van der Waals surface area (Å²) in [4.78, 5) is 25.6. The molecule has 2 bridgehead atoms. The van der Waals surface area contributed by atoms with E-state index in [0.29, 0.717) is 17.7 Å². The Morgan fingerprint density at radius 3 is 2.75 bits per heavy atom. The van der Waals surface area contributed by atoms with E-state index in [9.17, 15) is 14.7 Å². The molecule has 2 aliphatic heterocycles. The maximum absolute atomic E-state index is 12.9. The lowest BCUT2D eigenvalue weighted by atomic mass is 9.72. The van der Waals surface area contributed by atoms with Crippen molar-refractivity contribution in [1.82, 2.24) is 5.32 Å². The van der Waals surface area contributed by atoms with Crippen molar-refractivity contribution < 1.29 is 19.4 Å². The van der Waals surface area contributed by atoms with Crippen LogP contribution in [0.4, 0.5) is 0 Å². The molecule has 0 spiro atoms. The number of phenols is 1. The van der Waals surface area contributed by atoms with Crippen molar-refractivity contribution >= 4 is 11.7 Å². The van der Waals surface area contributed by atoms with E-state index in [-0.39, 0.29) is 23.4 Å². The number of benzene rings is 2. The zero-order valence-corrected chi connectivity index (χ0v) is 13.2. The number of rotatable bonds is 2. The van der Waals surface area contributed by atoms with Gasteiger partial charge >= 0.3 is 0 Å². The largest absolute Gasteiger partial charge is 0.508 e. The number of ether oxygens (including phenoxy) is 1. The van der Waals surface area contributed by atoms with Gasteiger partial charge in [-0.2, -0.15) is 0 Å². The van der Waals surface area contributed by atoms with Gasteiger partial charge < -0.3 is 15.2 Å². The second-order valence-corrected chi connectivity index (χ2v) is 6.56. The average molecular weight is 323 g/mol. The number of phenolic OH excluding ortho intramolecular Hbond substituents is 1. The van der Waals surface area contributed by atoms with Crippen LogP contribution in [0.1, 0.15) is 35.2 Å². The number of carbonyl (C=O) groups excluding carboxylic acids is 2. The molecule has 0 radical (unpaired) electrons. The van der Waals surface area contributed by atoms with E-state index in [4.69, 9.17) is 4.74 Å². The lowest BCUT2D eigenvalue weighted by Crippen LogP contribution is -2.61. The number of hydrogen-bond donors (Lipinski definition) is 2. The van der Waals surface area contributed by atoms with Crippen LogP contribution >= 0.6 is 0 Å². The summed E-state index contributed by atoms with van der Waals surface area (Å²) in [7, 11) is 0. The van der Waals surface area contributed by atoms with Crippen molar-refractivity contribution in [2.75, 3.05) is 0 Å². The number of piperidine rings is 1. The molecule has 2 aromatic rings. The summed E-state index contributed by atoms with van der Waals surface area (Å²) in [6, 6.07) is 13.7. The summed E-state index contributed by atoms with van der Waals surface area (Å²) in [6.07, 6.45) is 0.514. The van der Waals surface area contributed by atoms with Gasteiger partial charge in [0.15, 0.2) is 11.5 Å². The third kappa shape index (κ3) is 2.24. The van der Waals surface area contributed by atoms with E-state index >= 15 is 0 Å². The quantitative estimate of drug-likeness (QED) is 0.658. The van der Waals surface area contributed by atoms with Gasteiger partial charge in [-0.05, 0) is 18.6 Å². The first kappa shape index (κ1) is 14.8. The lowest BCUT2D eigenvalue weighted by Gasteiger charge is -2.46. The number of amides is 1. The molecule has 2 N–H and O–H groups in total. The predicted octanol–water partition coefficient (Wildman–Crippen LogP) is 2.60. The van der Waals surface area contributed by atoms with E-state index in [0.717, 1.165) is 5.56 Å². The SMILES string of the molecule is CC12CC(c3ccc(O)cc3O1)C(C(=O)c1ccccc1)C(=O)N2. The molecular weight excluding hydrogens is 306 g/mol. The predicted molar refractivity (Wildman–Crippen MR) is 86.9 cm³/mol. The minimum Gasteiger partial charge on any atom is -0.508 e. The smallest absolute Gasteiger partial charge is 0.234 e. The molecule has 3 atom stereocenters. The fraction of sp³-hybridized carbons (Fsp3) is 0.263. The molecule has 0 aromatic heterocycles. The first-order valence-corrected chi connectivity index (χ1v) is 7.90. The Hall–Kier alpha value is -2.82. The molecular formula is C19H17NO4. The van der Waals surface area contributed by atoms with Crippen molar-refractivity contribution in [1.29, 1.82) is 0 Å². The highest BCUT2D eigenvalue weighted by atomic mass is 16.5. The summed E-state index contributed by atoms with van der Waals surface area (Å²) in [5.41, 5.74) is 0.443. The number of hydrogen-bond acceptors (Lipinski definition) is 4. The minimum atomic E-state index is -0.865. The van der Waals surface area contributed by atoms with Crippen molar-refractivity contribution in [3.63, 3.8) is 0 Å². The maximum Gasteiger partial charge on any atom is 0.234 e. The molecule has 5 heteroatoms. The average Bonchev–Trinajstić information content (AvgIpc) is 2.54. The van der Waals surface area contributed by atoms with Crippen LogP contribution in [-0.2, 0) is 4.79 Å². The first-order chi connectivity index (χ1) is 11.5. The Bertz CT molecular complexity index is 833. The van der Waals surface area contributed by atoms with Crippen molar-refractivity contribution in [3.05, 3.63) is 59.7 Å². The van der Waals surface area contributed by atoms with Crippen LogP contribution in [0.3, 0.4) is 0 Å². The molecule has 24 heavy (non-hydrogen) atoms. The highest BCUT2D eigenvalue weighted by Gasteiger charge is 2.51. The molecule has 3 unspecified atom stereocenters. The zero-order chi connectivity index (χ0) is 16.9. The van der Waals surface area contributed by atoms with Crippen molar-refractivity contribution in [2.45, 2.75) is 25.0 Å². The summed E-state index contributed by atoms with van der Waals surface area (Å²) in [5, 5.41) is 12.5. The van der Waals surface area contributed by atoms with Gasteiger partial charge in [0.1, 0.15) is 17.4 Å². The van der Waals surface area contributed by atoms with Crippen LogP contribution in [0.15, 0.2) is 48.5 Å². The molecule has 122 valence electrons. The van der Waals surface area contributed by atoms with Crippen LogP contribution in [0.5, 0.6) is 11.5 Å². The molecule has 2 aliphatic rings. The van der Waals surface area contributed by atoms with Gasteiger partial charge in [-0.15, -0.1) is 0 Å². The van der Waals surface area contributed by atoms with Crippen LogP contribution < -0.4 is 10.1 Å². The monoisotopic (exact) mass is 323 g/mol. The highest BCUT2D eigenvalue weighted by Crippen LogP contribution is 2.48. The number of Topliss-reactive ketones (excluding diaryl/α,β-unsaturated/α-hetero) is 1. The summed E-state index contributed by atoms with van der Waals surface area (Å²) in [6.45, 7) is 1.79. The molecule has 2 heterocycles. The Labute approximate surface area is 139 Å². The number of nitrogens with one attached hydrogen (secondary N) is 1. The Morgan fingerprint density at radius 1 is 1.25 bits per heavy atom. The van der Waals surface area contributed by atoms with Crippen LogP contribution in [0.25, 0.3) is 0 Å². The van der Waals surface area contributed by atoms with Crippen LogP contribution in [0, 0.1) is 5.92 Å². The second kappa shape index (κ2) is 5.09. The molecule has 5 nitrogen and oxygen atoms in total. The zero-order valence-electron chi connectivity index (χ0n) is 13.2. The molecule has 1 amide bonds. The molecule has 1 fully saturated rings. The Morgan fingerprint density at radius 2 is 2.00 bits per heavy atom. The normalized spacial score (nSPS) is 27.6. The number of aromatic hydroxyl groups is 1. The van der Waals surface area contributed by atoms with E-state index in [2.05, 4.69) is 5.32 Å². The number of ketones is 1. The molecule has 1 saturated heterocycles. The fourth-order valence-electron chi connectivity index (χ4n) is 3.71. The molecule has 0 aliphatic carbocycles. The topological polar surface area (TPSA) is 75.6 Å². The maximum atomic E-state index is 12.9. The summed E-state index contributed by atoms with van der Waals surface area (Å²) in [5.74, 6) is -0.981. The lowest BCUT2D eigenvalue weighted by molar-refractivity contribution is -0.137. The van der Waals surface area contributed by atoms with E-state index < -0.39 is 11.6 Å². The van der Waals surface area contributed by atoms with E-state index in [1.54, 1.807) is 43.3 Å². The van der Waals surface area contributed by atoms with Gasteiger partial charge in [0, 0.05) is 24.0 Å². The van der Waals surface area contributed by atoms with Crippen molar-refractivity contribution in [3.8, 4) is 11.5 Å². The van der Waals surface area contributed by atoms with Gasteiger partial charge in [-0.25, -0.2) is 0 Å². The third-order valence-corrected chi connectivity index (χ3v) is 4.75. The van der Waals surface area contributed by atoms with Crippen LogP contribution in [0.2, 0.25) is 0 Å². The molecule has 4 rings (SSSR count). The van der Waals surface area contributed by atoms with E-state index in [1.807, 2.05) is 6.07 Å². The van der Waals surface area contributed by atoms with Gasteiger partial charge in [-0.1, -0.05) is 36.4 Å². The third-order valence-electron chi connectivity index (χ3n) is 4.75. The van der Waals surface area contributed by atoms with Crippen molar-refractivity contribution in [2.24, 2.45) is 5.92 Å². The van der Waals surface area contributed by atoms with Gasteiger partial charge in [0.25, 0.3) is 0 Å². The minimum absolute atomic E-state index is 0.0922. The highest BCUT2D eigenvalue weighted by molar-refractivity contribution is 6.11. The molecule has 2 aromatic carbocycles. The summed E-state index contributed by atoms with van der Waals surface area (Å²) < 4.78 is 5.87. The van der Waals surface area contributed by atoms with Gasteiger partial charge in [0.05, 0.1) is 0 Å².